The van der Waals surface area contributed by atoms with Crippen LogP contribution in [0.4, 0.5) is 0 Å². The van der Waals surface area contributed by atoms with E-state index in [0.717, 1.165) is 24.0 Å². The summed E-state index contributed by atoms with van der Waals surface area (Å²) in [4.78, 5) is 14.2. The molecule has 0 bridgehead atoms. The van der Waals surface area contributed by atoms with Gasteiger partial charge in [-0.15, -0.1) is 0 Å². The molecular weight excluding hydrogens is 1060 g/mol. The van der Waals surface area contributed by atoms with Crippen molar-refractivity contribution in [1.82, 2.24) is 0 Å². The zero-order chi connectivity index (χ0) is 60.3. The predicted molar refractivity (Wildman–Crippen MR) is 297 cm³/mol. The van der Waals surface area contributed by atoms with Gasteiger partial charge in [-0.1, -0.05) is 55.7 Å². The molecule has 4 fully saturated rings. The van der Waals surface area contributed by atoms with Gasteiger partial charge in [-0.05, 0) is 100.0 Å². The predicted octanol–water partition coefficient (Wildman–Crippen LogP) is 4.59. The number of cyclic esters (lactones) is 1. The number of allylic oxidation sites excluding steroid dienone is 6. The Balaban J connectivity index is 1.37. The van der Waals surface area contributed by atoms with E-state index in [2.05, 4.69) is 6.08 Å². The monoisotopic (exact) mass is 1160 g/mol. The van der Waals surface area contributed by atoms with Crippen LogP contribution in [0.3, 0.4) is 0 Å². The lowest BCUT2D eigenvalue weighted by atomic mass is 9.76. The van der Waals surface area contributed by atoms with Crippen molar-refractivity contribution in [2.24, 2.45) is 17.8 Å². The Kier molecular flexibility index (Phi) is 26.9. The minimum absolute atomic E-state index is 0.0118. The maximum Gasteiger partial charge on any atom is 0.334 e. The highest BCUT2D eigenvalue weighted by molar-refractivity contribution is 5.88. The fourth-order valence-electron chi connectivity index (χ4n) is 12.3. The number of methoxy groups -OCH3 is 4. The third kappa shape index (κ3) is 18.4. The summed E-state index contributed by atoms with van der Waals surface area (Å²) in [5.41, 5.74) is 1.37. The number of hydrogen-bond donors (Lipinski definition) is 8. The van der Waals surface area contributed by atoms with Crippen molar-refractivity contribution in [3.8, 4) is 0 Å². The molecule has 468 valence electrons. The van der Waals surface area contributed by atoms with Crippen LogP contribution in [0.5, 0.6) is 0 Å². The molecule has 25 atom stereocenters. The smallest absolute Gasteiger partial charge is 0.334 e. The molecule has 0 radical (unpaired) electrons. The Labute approximate surface area is 480 Å². The minimum atomic E-state index is -2.53. The largest absolute Gasteiger partial charge is 0.456 e. The second-order valence-electron chi connectivity index (χ2n) is 24.0. The number of rotatable bonds is 15. The van der Waals surface area contributed by atoms with E-state index in [1.54, 1.807) is 47.6 Å². The van der Waals surface area contributed by atoms with Gasteiger partial charge >= 0.3 is 5.97 Å². The fourth-order valence-corrected chi connectivity index (χ4v) is 12.3. The summed E-state index contributed by atoms with van der Waals surface area (Å²) in [6, 6.07) is 0. The van der Waals surface area contributed by atoms with Crippen LogP contribution in [0.25, 0.3) is 0 Å². The van der Waals surface area contributed by atoms with Crippen molar-refractivity contribution in [2.45, 2.75) is 274 Å². The number of carbonyl (C=O) groups excluding carboxylic acids is 1. The van der Waals surface area contributed by atoms with Crippen molar-refractivity contribution in [1.29, 1.82) is 0 Å². The SMILES string of the molecule is COCC(C[C@H]1O[C@@](O)([C@H](O)[C@@H]2C[C@H](OC)C(O)CCC/C=C(/C)CCC[C@@H](O[C@@H]3O[C@@H](C)[C@H](OC)[C@@H](O)[C@@H]3O)[C@H](C)/C=C(C)/C=C(C)/C=C(\C)C(=O)O2)[C@H](C)[C@@H](O)[C@@H]1C)O[C@H]1C[C@](C)(O)[C@H](O[C@H]2C[C@@H](OC)[C@H](O)[C@@H](C)O2)[C@H](C)O1. The highest BCUT2D eigenvalue weighted by Crippen LogP contribution is 2.43. The molecule has 0 aliphatic carbocycles. The van der Waals surface area contributed by atoms with E-state index in [1.807, 2.05) is 39.8 Å². The van der Waals surface area contributed by atoms with E-state index in [0.29, 0.717) is 24.8 Å². The second kappa shape index (κ2) is 31.4. The zero-order valence-corrected chi connectivity index (χ0v) is 50.8. The van der Waals surface area contributed by atoms with Gasteiger partial charge in [0.1, 0.15) is 42.7 Å². The number of carbonyl (C=O) groups is 1. The summed E-state index contributed by atoms with van der Waals surface area (Å²) in [6.07, 6.45) is -7.89. The molecular formula is C60H102O21. The van der Waals surface area contributed by atoms with Crippen LogP contribution in [0.1, 0.15) is 140 Å². The Morgan fingerprint density at radius 3 is 2.05 bits per heavy atom. The molecule has 21 nitrogen and oxygen atoms in total. The maximum atomic E-state index is 14.2. The van der Waals surface area contributed by atoms with E-state index in [1.165, 1.54) is 35.4 Å². The molecule has 0 aromatic heterocycles. The van der Waals surface area contributed by atoms with Crippen LogP contribution >= 0.6 is 0 Å². The second-order valence-corrected chi connectivity index (χ2v) is 24.0. The van der Waals surface area contributed by atoms with E-state index in [9.17, 15) is 45.6 Å². The van der Waals surface area contributed by atoms with E-state index < -0.39 is 152 Å². The van der Waals surface area contributed by atoms with Gasteiger partial charge in [0, 0.05) is 77.4 Å². The molecule has 0 spiro atoms. The Morgan fingerprint density at radius 2 is 1.41 bits per heavy atom. The molecule has 0 aromatic rings. The molecule has 2 unspecified atom stereocenters. The summed E-state index contributed by atoms with van der Waals surface area (Å²) >= 11 is 0. The molecule has 5 heterocycles. The number of aliphatic hydroxyl groups excluding tert-OH is 6. The number of ether oxygens (including phenoxy) is 12. The number of hydrogen-bond acceptors (Lipinski definition) is 21. The number of aliphatic hydroxyl groups is 8. The maximum absolute atomic E-state index is 14.2. The Morgan fingerprint density at radius 1 is 0.728 bits per heavy atom. The molecule has 5 aliphatic heterocycles. The van der Waals surface area contributed by atoms with Crippen LogP contribution in [0, 0.1) is 17.8 Å². The summed E-state index contributed by atoms with van der Waals surface area (Å²) in [7, 11) is 5.85. The first-order chi connectivity index (χ1) is 38.1. The zero-order valence-electron chi connectivity index (χ0n) is 50.8. The van der Waals surface area contributed by atoms with Gasteiger partial charge in [0.05, 0.1) is 73.2 Å². The van der Waals surface area contributed by atoms with Gasteiger partial charge in [0.2, 0.25) is 5.79 Å². The molecule has 81 heavy (non-hydrogen) atoms. The molecule has 0 amide bonds. The van der Waals surface area contributed by atoms with E-state index >= 15 is 0 Å². The lowest BCUT2D eigenvalue weighted by molar-refractivity contribution is -0.366. The summed E-state index contributed by atoms with van der Waals surface area (Å²) in [6.45, 7) is 19.5. The highest BCUT2D eigenvalue weighted by Gasteiger charge is 2.58. The average molecular weight is 1160 g/mol. The van der Waals surface area contributed by atoms with Gasteiger partial charge in [0.15, 0.2) is 18.9 Å². The molecule has 4 saturated heterocycles. The first kappa shape index (κ1) is 69.4. The average Bonchev–Trinajstić information content (AvgIpc) is 3.44. The van der Waals surface area contributed by atoms with Crippen molar-refractivity contribution in [3.63, 3.8) is 0 Å². The third-order valence-corrected chi connectivity index (χ3v) is 17.2. The quantitative estimate of drug-likeness (QED) is 0.0822. The van der Waals surface area contributed by atoms with E-state index in [4.69, 9.17) is 56.8 Å². The summed E-state index contributed by atoms with van der Waals surface area (Å²) in [5.74, 6) is -5.30. The van der Waals surface area contributed by atoms with Crippen molar-refractivity contribution < 1.29 is 102 Å². The van der Waals surface area contributed by atoms with Crippen LogP contribution in [0.2, 0.25) is 0 Å². The molecule has 8 N–H and O–H groups in total. The Hall–Kier alpha value is -2.33. The first-order valence-corrected chi connectivity index (χ1v) is 29.2. The molecule has 0 saturated carbocycles. The van der Waals surface area contributed by atoms with Gasteiger partial charge in [0.25, 0.3) is 0 Å². The topological polar surface area (TPSA) is 290 Å². The van der Waals surface area contributed by atoms with E-state index in [-0.39, 0.29) is 50.2 Å². The van der Waals surface area contributed by atoms with Gasteiger partial charge in [-0.2, -0.15) is 0 Å². The highest BCUT2D eigenvalue weighted by atomic mass is 16.7. The lowest BCUT2D eigenvalue weighted by Gasteiger charge is -2.51. The van der Waals surface area contributed by atoms with Crippen LogP contribution < -0.4 is 0 Å². The Bertz CT molecular complexity index is 2070. The molecule has 5 rings (SSSR count). The lowest BCUT2D eigenvalue weighted by Crippen LogP contribution is -2.66. The van der Waals surface area contributed by atoms with Gasteiger partial charge in [-0.3, -0.25) is 0 Å². The van der Waals surface area contributed by atoms with Gasteiger partial charge in [-0.25, -0.2) is 4.79 Å². The minimum Gasteiger partial charge on any atom is -0.456 e. The van der Waals surface area contributed by atoms with Crippen LogP contribution in [-0.4, -0.2) is 216 Å². The first-order valence-electron chi connectivity index (χ1n) is 29.2. The molecule has 5 aliphatic rings. The third-order valence-electron chi connectivity index (χ3n) is 17.2. The molecule has 21 heteroatoms. The van der Waals surface area contributed by atoms with Crippen LogP contribution in [0.15, 0.2) is 46.6 Å². The van der Waals surface area contributed by atoms with Crippen molar-refractivity contribution >= 4 is 5.97 Å². The van der Waals surface area contributed by atoms with Gasteiger partial charge < -0.3 is 97.7 Å². The molecule has 0 aromatic carbocycles. The van der Waals surface area contributed by atoms with Crippen molar-refractivity contribution in [2.75, 3.05) is 35.0 Å². The van der Waals surface area contributed by atoms with Crippen molar-refractivity contribution in [3.05, 3.63) is 46.6 Å². The standard InChI is InChI=1S/C60H102O21/c1-31-19-16-17-21-42(61)45(71-13)27-47(78-57(67)35(5)25-33(3)23-32(2)24-34(4)43(22-18-20-31)79-58-53(65)52(64)54(73-15)39(9)76-58)55(66)60(69)37(7)50(62)36(6)44(81-60)26-41(30-70-12)77-49-29-59(11,68)56(40(10)75-49)80-48-28-46(72-14)51(63)38(8)74-48/h19,23-25,34,36-56,58,61-66,68-69H,16-18,20-22,26-30H2,1-15H3/b31-19-,32-24+,33-23+,35-25+/t34-,36-,37-,38-,39+,40+,41?,42?,43-,44-,45+,46-,47+,48+,49+,50+,51-,52+,53+,54+,55-,56-,58+,59+,60-/m1/s1. The van der Waals surface area contributed by atoms with Crippen LogP contribution in [-0.2, 0) is 61.6 Å². The number of esters is 1. The fraction of sp³-hybridized carbons (Fsp3) is 0.850. The normalized spacial score (nSPS) is 45.9. The summed E-state index contributed by atoms with van der Waals surface area (Å²) < 4.78 is 72.4. The summed E-state index contributed by atoms with van der Waals surface area (Å²) in [5, 5.41) is 92.9.